The molecule has 2 aromatic carbocycles. The maximum atomic E-state index is 15.2. The van der Waals surface area contributed by atoms with Gasteiger partial charge < -0.3 is 19.4 Å². The van der Waals surface area contributed by atoms with Crippen LogP contribution in [0, 0.1) is 23.7 Å². The maximum Gasteiger partial charge on any atom is 0.303 e. The number of likely N-dealkylation sites (tertiary alicyclic amines) is 1. The molecule has 3 aromatic rings. The predicted octanol–water partition coefficient (Wildman–Crippen LogP) is 4.94. The molecule has 260 valence electrons. The van der Waals surface area contributed by atoms with Gasteiger partial charge in [0.2, 0.25) is 11.8 Å². The van der Waals surface area contributed by atoms with E-state index in [9.17, 15) is 24.3 Å². The first-order valence-corrected chi connectivity index (χ1v) is 17.0. The fourth-order valence-electron chi connectivity index (χ4n) is 8.46. The predicted molar refractivity (Wildman–Crippen MR) is 179 cm³/mol. The summed E-state index contributed by atoms with van der Waals surface area (Å²) in [5, 5.41) is 20.6. The molecular weight excluding hydrogens is 689 g/mol. The van der Waals surface area contributed by atoms with Crippen LogP contribution >= 0.6 is 23.2 Å². The van der Waals surface area contributed by atoms with Crippen LogP contribution in [-0.2, 0) is 36.0 Å². The lowest BCUT2D eigenvalue weighted by molar-refractivity contribution is -0.142. The number of hydrazine groups is 1. The number of carboxylic acid groups (broad SMARTS) is 1. The minimum Gasteiger partial charge on any atom is -0.497 e. The number of hydrogen-bond acceptors (Lipinski definition) is 9. The topological polar surface area (TPSA) is 167 Å². The number of ether oxygens (including phenoxy) is 1. The summed E-state index contributed by atoms with van der Waals surface area (Å²) in [5.41, 5.74) is 2.79. The Labute approximate surface area is 296 Å². The van der Waals surface area contributed by atoms with Crippen LogP contribution in [0.2, 0.25) is 10.0 Å². The SMILES string of the molecule is COc1ccc([C@@]23C(=O)N(Nc4ccc(Cl)cc4Cl)C(=O)[C@@H]2C[C@@H]2C(=CC[C@@H]4C(=O)N(CCCC(=O)O)C(=O)[C@@H]42)[C@@H]3c2ccc(CO)o2)cc1. The molecule has 3 heterocycles. The van der Waals surface area contributed by atoms with Gasteiger partial charge in [-0.05, 0) is 73.2 Å². The Morgan fingerprint density at radius 3 is 2.44 bits per heavy atom. The molecule has 50 heavy (non-hydrogen) atoms. The molecule has 4 amide bonds. The molecule has 0 unspecified atom stereocenters. The number of hydrogen-bond donors (Lipinski definition) is 3. The lowest BCUT2D eigenvalue weighted by Gasteiger charge is -2.49. The standard InChI is InChI=1S/C36H33Cl2N3O9/c1-49-20-7-4-18(5-8-20)36-25(33(46)41(35(36)48)39-27-12-6-19(37)15-26(27)38)16-24-22(31(36)28-13-9-21(17-42)50-28)10-11-23-30(24)34(47)40(32(23)45)14-2-3-29(43)44/h4-10,12-13,15,23-25,30-31,39,42H,2-3,11,14,16-17H2,1H3,(H,43,44)/t23-,24+,25-,30-,31+,36+/m0/s1. The number of halogens is 2. The fraction of sp³-hybridized carbons (Fsp3) is 0.361. The van der Waals surface area contributed by atoms with Crippen molar-refractivity contribution in [3.8, 4) is 5.75 Å². The van der Waals surface area contributed by atoms with E-state index in [0.717, 1.165) is 9.91 Å². The van der Waals surface area contributed by atoms with Gasteiger partial charge in [-0.1, -0.05) is 47.0 Å². The summed E-state index contributed by atoms with van der Waals surface area (Å²) < 4.78 is 11.6. The first kappa shape index (κ1) is 33.8. The van der Waals surface area contributed by atoms with Crippen LogP contribution in [-0.4, -0.2) is 63.4 Å². The Kier molecular flexibility index (Phi) is 8.73. The molecule has 6 atom stereocenters. The maximum absolute atomic E-state index is 15.2. The quantitative estimate of drug-likeness (QED) is 0.193. The Bertz CT molecular complexity index is 1940. The average molecular weight is 723 g/mol. The number of carbonyl (C=O) groups is 5. The van der Waals surface area contributed by atoms with Crippen LogP contribution in [0.25, 0.3) is 0 Å². The third kappa shape index (κ3) is 5.19. The molecule has 4 aliphatic rings. The third-order valence-corrected chi connectivity index (χ3v) is 11.1. The van der Waals surface area contributed by atoms with Crippen LogP contribution in [0.5, 0.6) is 5.75 Å². The molecule has 3 fully saturated rings. The second-order valence-electron chi connectivity index (χ2n) is 13.0. The molecule has 14 heteroatoms. The summed E-state index contributed by atoms with van der Waals surface area (Å²) in [6.07, 6.45) is 2.06. The van der Waals surface area contributed by atoms with Crippen LogP contribution in [0.3, 0.4) is 0 Å². The number of aliphatic carboxylic acids is 1. The first-order valence-electron chi connectivity index (χ1n) is 16.2. The molecule has 12 nitrogen and oxygen atoms in total. The summed E-state index contributed by atoms with van der Waals surface area (Å²) in [5.74, 6) is -6.01. The highest BCUT2D eigenvalue weighted by atomic mass is 35.5. The smallest absolute Gasteiger partial charge is 0.303 e. The van der Waals surface area contributed by atoms with Gasteiger partial charge in [0.15, 0.2) is 0 Å². The Hall–Kier alpha value is -4.65. The Balaban J connectivity index is 1.39. The molecule has 0 radical (unpaired) electrons. The van der Waals surface area contributed by atoms with Crippen LogP contribution in [0.15, 0.2) is 70.7 Å². The first-order chi connectivity index (χ1) is 24.0. The molecule has 2 aliphatic heterocycles. The number of aliphatic hydroxyl groups excluding tert-OH is 1. The number of carboxylic acids is 1. The van der Waals surface area contributed by atoms with Crippen LogP contribution < -0.4 is 10.2 Å². The number of fused-ring (bicyclic) bond motifs is 4. The lowest BCUT2D eigenvalue weighted by Crippen LogP contribution is -2.53. The normalized spacial score (nSPS) is 27.2. The van der Waals surface area contributed by atoms with E-state index < -0.39 is 65.3 Å². The number of furan rings is 1. The summed E-state index contributed by atoms with van der Waals surface area (Å²) >= 11 is 12.6. The molecule has 1 aromatic heterocycles. The summed E-state index contributed by atoms with van der Waals surface area (Å²) in [6, 6.07) is 14.7. The highest BCUT2D eigenvalue weighted by Crippen LogP contribution is 2.64. The van der Waals surface area contributed by atoms with Crippen molar-refractivity contribution in [1.82, 2.24) is 9.91 Å². The number of methoxy groups -OCH3 is 1. The number of aliphatic hydroxyl groups is 1. The average Bonchev–Trinajstić information content (AvgIpc) is 3.74. The number of rotatable bonds is 10. The van der Waals surface area contributed by atoms with Crippen molar-refractivity contribution in [2.24, 2.45) is 23.7 Å². The van der Waals surface area contributed by atoms with Crippen molar-refractivity contribution in [1.29, 1.82) is 0 Å². The Morgan fingerprint density at radius 1 is 1.02 bits per heavy atom. The molecule has 1 saturated carbocycles. The van der Waals surface area contributed by atoms with E-state index >= 15 is 4.79 Å². The molecule has 2 saturated heterocycles. The van der Waals surface area contributed by atoms with Gasteiger partial charge >= 0.3 is 5.97 Å². The zero-order valence-electron chi connectivity index (χ0n) is 26.8. The van der Waals surface area contributed by atoms with Crippen molar-refractivity contribution in [2.45, 2.75) is 43.6 Å². The fourth-order valence-corrected chi connectivity index (χ4v) is 8.91. The molecular formula is C36H33Cl2N3O9. The third-order valence-electron chi connectivity index (χ3n) is 10.6. The van der Waals surface area contributed by atoms with Crippen LogP contribution in [0.4, 0.5) is 5.69 Å². The summed E-state index contributed by atoms with van der Waals surface area (Å²) in [7, 11) is 1.52. The van der Waals surface area contributed by atoms with Gasteiger partial charge in [-0.3, -0.25) is 34.3 Å². The summed E-state index contributed by atoms with van der Waals surface area (Å²) in [4.78, 5) is 69.8. The number of amides is 4. The van der Waals surface area contributed by atoms with Crippen molar-refractivity contribution in [2.75, 3.05) is 19.1 Å². The van der Waals surface area contributed by atoms with Gasteiger partial charge in [-0.25, -0.2) is 0 Å². The van der Waals surface area contributed by atoms with Crippen molar-refractivity contribution >= 4 is 58.5 Å². The molecule has 3 N–H and O–H groups in total. The largest absolute Gasteiger partial charge is 0.497 e. The zero-order chi connectivity index (χ0) is 35.5. The van der Waals surface area contributed by atoms with Crippen LogP contribution in [0.1, 0.15) is 48.7 Å². The molecule has 0 spiro atoms. The Morgan fingerprint density at radius 2 is 1.78 bits per heavy atom. The van der Waals surface area contributed by atoms with Crippen molar-refractivity contribution < 1.29 is 43.3 Å². The van der Waals surface area contributed by atoms with E-state index in [4.69, 9.17) is 37.5 Å². The van der Waals surface area contributed by atoms with Gasteiger partial charge in [0.1, 0.15) is 29.3 Å². The van der Waals surface area contributed by atoms with E-state index in [-0.39, 0.29) is 54.6 Å². The number of nitrogens with zero attached hydrogens (tertiary/aromatic N) is 2. The number of benzene rings is 2. The van der Waals surface area contributed by atoms with E-state index in [0.29, 0.717) is 27.7 Å². The molecule has 7 rings (SSSR count). The molecule has 2 aliphatic carbocycles. The number of nitrogens with one attached hydrogen (secondary N) is 1. The number of imide groups is 2. The van der Waals surface area contributed by atoms with E-state index in [1.807, 2.05) is 6.08 Å². The second kappa shape index (κ2) is 12.9. The van der Waals surface area contributed by atoms with Gasteiger partial charge in [-0.15, -0.1) is 0 Å². The highest BCUT2D eigenvalue weighted by Gasteiger charge is 2.71. The molecule has 0 bridgehead atoms. The zero-order valence-corrected chi connectivity index (χ0v) is 28.3. The van der Waals surface area contributed by atoms with Gasteiger partial charge in [0.25, 0.3) is 11.8 Å². The van der Waals surface area contributed by atoms with Gasteiger partial charge in [-0.2, -0.15) is 5.01 Å². The number of carbonyl (C=O) groups excluding carboxylic acids is 4. The lowest BCUT2D eigenvalue weighted by atomic mass is 9.50. The van der Waals surface area contributed by atoms with Crippen molar-refractivity contribution in [3.05, 3.63) is 93.4 Å². The van der Waals surface area contributed by atoms with E-state index in [1.54, 1.807) is 48.5 Å². The van der Waals surface area contributed by atoms with Crippen molar-refractivity contribution in [3.63, 3.8) is 0 Å². The van der Waals surface area contributed by atoms with E-state index in [1.165, 1.54) is 13.2 Å². The van der Waals surface area contributed by atoms with E-state index in [2.05, 4.69) is 5.43 Å². The van der Waals surface area contributed by atoms with Gasteiger partial charge in [0, 0.05) is 18.0 Å². The second-order valence-corrected chi connectivity index (χ2v) is 13.8. The highest BCUT2D eigenvalue weighted by molar-refractivity contribution is 6.36. The summed E-state index contributed by atoms with van der Waals surface area (Å²) in [6.45, 7) is -0.441. The monoisotopic (exact) mass is 721 g/mol. The number of anilines is 1. The van der Waals surface area contributed by atoms with Gasteiger partial charge in [0.05, 0.1) is 41.5 Å². The number of allylic oxidation sites excluding steroid dienone is 2. The minimum atomic E-state index is -1.60. The minimum absolute atomic E-state index is 0.0311.